The van der Waals surface area contributed by atoms with Crippen LogP contribution in [0.5, 0.6) is 0 Å². The molecule has 0 spiro atoms. The quantitative estimate of drug-likeness (QED) is 0.833. The molecular formula is C12H16N2O. The van der Waals surface area contributed by atoms with E-state index in [0.29, 0.717) is 5.92 Å². The van der Waals surface area contributed by atoms with Gasteiger partial charge in [0.15, 0.2) is 0 Å². The van der Waals surface area contributed by atoms with Gasteiger partial charge in [0.25, 0.3) is 0 Å². The Morgan fingerprint density at radius 3 is 2.87 bits per heavy atom. The number of hydrogen-bond acceptors (Lipinski definition) is 2. The predicted molar refractivity (Wildman–Crippen MR) is 59.6 cm³/mol. The molecule has 80 valence electrons. The Morgan fingerprint density at radius 1 is 1.40 bits per heavy atom. The maximum Gasteiger partial charge on any atom is 0.137 e. The lowest BCUT2D eigenvalue weighted by Gasteiger charge is -2.09. The van der Waals surface area contributed by atoms with Gasteiger partial charge >= 0.3 is 0 Å². The van der Waals surface area contributed by atoms with Gasteiger partial charge in [-0.15, -0.1) is 0 Å². The third kappa shape index (κ3) is 2.18. The van der Waals surface area contributed by atoms with Gasteiger partial charge in [-0.2, -0.15) is 0 Å². The molecule has 0 saturated heterocycles. The number of rotatable bonds is 3. The fourth-order valence-corrected chi connectivity index (χ4v) is 1.68. The van der Waals surface area contributed by atoms with E-state index in [1.807, 2.05) is 35.0 Å². The van der Waals surface area contributed by atoms with E-state index in [1.165, 1.54) is 0 Å². The summed E-state index contributed by atoms with van der Waals surface area (Å²) >= 11 is 0. The van der Waals surface area contributed by atoms with Crippen molar-refractivity contribution >= 4 is 5.65 Å². The molecule has 2 aromatic heterocycles. The van der Waals surface area contributed by atoms with Gasteiger partial charge in [0.1, 0.15) is 5.65 Å². The molecule has 1 unspecified atom stereocenters. The number of fused-ring (bicyclic) bond motifs is 1. The minimum absolute atomic E-state index is 0.454. The maximum atomic E-state index is 9.92. The Labute approximate surface area is 89.4 Å². The number of aromatic nitrogens is 2. The Hall–Kier alpha value is -1.35. The van der Waals surface area contributed by atoms with Crippen molar-refractivity contribution in [3.63, 3.8) is 0 Å². The summed E-state index contributed by atoms with van der Waals surface area (Å²) in [6, 6.07) is 5.83. The average Bonchev–Trinajstić information content (AvgIpc) is 2.59. The van der Waals surface area contributed by atoms with Crippen molar-refractivity contribution in [2.45, 2.75) is 26.4 Å². The van der Waals surface area contributed by atoms with Crippen molar-refractivity contribution in [1.82, 2.24) is 9.38 Å². The summed E-state index contributed by atoms with van der Waals surface area (Å²) in [5.74, 6) is 0.477. The molecule has 0 aliphatic rings. The molecule has 0 aromatic carbocycles. The highest BCUT2D eigenvalue weighted by Gasteiger charge is 2.13. The predicted octanol–water partition coefficient (Wildman–Crippen LogP) is 2.41. The van der Waals surface area contributed by atoms with E-state index < -0.39 is 6.10 Å². The van der Waals surface area contributed by atoms with E-state index in [0.717, 1.165) is 17.8 Å². The van der Waals surface area contributed by atoms with Crippen molar-refractivity contribution in [1.29, 1.82) is 0 Å². The standard InChI is InChI=1S/C12H16N2O/c1-9(2)7-11(15)10-8-14-6-4-3-5-12(14)13-10/h3-6,8-9,11,15H,7H2,1-2H3. The van der Waals surface area contributed by atoms with Crippen LogP contribution >= 0.6 is 0 Å². The van der Waals surface area contributed by atoms with Crippen LogP contribution in [0.25, 0.3) is 5.65 Å². The molecule has 1 atom stereocenters. The minimum atomic E-state index is -0.454. The number of imidazole rings is 1. The van der Waals surface area contributed by atoms with Crippen LogP contribution in [0.4, 0.5) is 0 Å². The zero-order chi connectivity index (χ0) is 10.8. The van der Waals surface area contributed by atoms with Crippen molar-refractivity contribution in [2.75, 3.05) is 0 Å². The molecule has 0 radical (unpaired) electrons. The second-order valence-electron chi connectivity index (χ2n) is 4.28. The summed E-state index contributed by atoms with van der Waals surface area (Å²) in [4.78, 5) is 4.38. The molecule has 0 aliphatic heterocycles. The van der Waals surface area contributed by atoms with E-state index in [1.54, 1.807) is 0 Å². The molecule has 0 aliphatic carbocycles. The average molecular weight is 204 g/mol. The fourth-order valence-electron chi connectivity index (χ4n) is 1.68. The molecule has 2 rings (SSSR count). The lowest BCUT2D eigenvalue weighted by molar-refractivity contribution is 0.147. The first-order chi connectivity index (χ1) is 7.16. The zero-order valence-electron chi connectivity index (χ0n) is 9.09. The molecular weight excluding hydrogens is 188 g/mol. The normalized spacial score (nSPS) is 13.6. The third-order valence-corrected chi connectivity index (χ3v) is 2.42. The Kier molecular flexibility index (Phi) is 2.73. The number of hydrogen-bond donors (Lipinski definition) is 1. The van der Waals surface area contributed by atoms with Crippen LogP contribution < -0.4 is 0 Å². The third-order valence-electron chi connectivity index (χ3n) is 2.42. The summed E-state index contributed by atoms with van der Waals surface area (Å²) in [7, 11) is 0. The monoisotopic (exact) mass is 204 g/mol. The fraction of sp³-hybridized carbons (Fsp3) is 0.417. The Morgan fingerprint density at radius 2 is 2.20 bits per heavy atom. The first-order valence-electron chi connectivity index (χ1n) is 5.28. The minimum Gasteiger partial charge on any atom is -0.387 e. The van der Waals surface area contributed by atoms with Gasteiger partial charge in [0, 0.05) is 12.4 Å². The number of pyridine rings is 1. The zero-order valence-corrected chi connectivity index (χ0v) is 9.09. The molecule has 0 fully saturated rings. The second kappa shape index (κ2) is 4.03. The molecule has 3 heteroatoms. The topological polar surface area (TPSA) is 37.5 Å². The van der Waals surface area contributed by atoms with E-state index in [-0.39, 0.29) is 0 Å². The highest BCUT2D eigenvalue weighted by atomic mass is 16.3. The smallest absolute Gasteiger partial charge is 0.137 e. The number of aliphatic hydroxyl groups is 1. The van der Waals surface area contributed by atoms with E-state index in [2.05, 4.69) is 18.8 Å². The summed E-state index contributed by atoms with van der Waals surface area (Å²) < 4.78 is 1.93. The van der Waals surface area contributed by atoms with Crippen LogP contribution in [-0.2, 0) is 0 Å². The summed E-state index contributed by atoms with van der Waals surface area (Å²) in [6.07, 6.45) is 4.13. The molecule has 3 nitrogen and oxygen atoms in total. The van der Waals surface area contributed by atoms with E-state index in [9.17, 15) is 5.11 Å². The SMILES string of the molecule is CC(C)CC(O)c1cn2ccccc2n1. The highest BCUT2D eigenvalue weighted by Crippen LogP contribution is 2.20. The van der Waals surface area contributed by atoms with Gasteiger partial charge in [-0.05, 0) is 24.5 Å². The first-order valence-corrected chi connectivity index (χ1v) is 5.28. The van der Waals surface area contributed by atoms with Crippen LogP contribution in [-0.4, -0.2) is 14.5 Å². The Bertz CT molecular complexity index is 415. The van der Waals surface area contributed by atoms with Gasteiger partial charge in [-0.1, -0.05) is 19.9 Å². The van der Waals surface area contributed by atoms with Crippen LogP contribution in [0, 0.1) is 5.92 Å². The lowest BCUT2D eigenvalue weighted by atomic mass is 10.0. The first kappa shape index (κ1) is 10.2. The second-order valence-corrected chi connectivity index (χ2v) is 4.28. The van der Waals surface area contributed by atoms with Crippen LogP contribution in [0.1, 0.15) is 32.1 Å². The molecule has 0 saturated carbocycles. The van der Waals surface area contributed by atoms with Crippen molar-refractivity contribution in [2.24, 2.45) is 5.92 Å². The molecule has 0 amide bonds. The summed E-state index contributed by atoms with van der Waals surface area (Å²) in [5.41, 5.74) is 1.64. The largest absolute Gasteiger partial charge is 0.387 e. The van der Waals surface area contributed by atoms with Crippen molar-refractivity contribution in [3.8, 4) is 0 Å². The lowest BCUT2D eigenvalue weighted by Crippen LogP contribution is -2.01. The molecule has 0 bridgehead atoms. The number of nitrogens with zero attached hydrogens (tertiary/aromatic N) is 2. The van der Waals surface area contributed by atoms with Gasteiger partial charge < -0.3 is 9.51 Å². The van der Waals surface area contributed by atoms with Gasteiger partial charge in [0.2, 0.25) is 0 Å². The Balaban J connectivity index is 2.28. The van der Waals surface area contributed by atoms with Crippen LogP contribution in [0.3, 0.4) is 0 Å². The maximum absolute atomic E-state index is 9.92. The number of aliphatic hydroxyl groups excluding tert-OH is 1. The molecule has 1 N–H and O–H groups in total. The summed E-state index contributed by atoms with van der Waals surface area (Å²) in [5, 5.41) is 9.92. The van der Waals surface area contributed by atoms with Gasteiger partial charge in [-0.3, -0.25) is 0 Å². The van der Waals surface area contributed by atoms with Crippen molar-refractivity contribution < 1.29 is 5.11 Å². The van der Waals surface area contributed by atoms with Gasteiger partial charge in [0.05, 0.1) is 11.8 Å². The molecule has 2 aromatic rings. The molecule has 15 heavy (non-hydrogen) atoms. The van der Waals surface area contributed by atoms with E-state index >= 15 is 0 Å². The van der Waals surface area contributed by atoms with Gasteiger partial charge in [-0.25, -0.2) is 4.98 Å². The van der Waals surface area contributed by atoms with E-state index in [4.69, 9.17) is 0 Å². The molecule has 2 heterocycles. The summed E-state index contributed by atoms with van der Waals surface area (Å²) in [6.45, 7) is 4.19. The van der Waals surface area contributed by atoms with Crippen molar-refractivity contribution in [3.05, 3.63) is 36.3 Å². The highest BCUT2D eigenvalue weighted by molar-refractivity contribution is 5.39. The van der Waals surface area contributed by atoms with Crippen LogP contribution in [0.2, 0.25) is 0 Å². The van der Waals surface area contributed by atoms with Crippen LogP contribution in [0.15, 0.2) is 30.6 Å².